The second-order valence-electron chi connectivity index (χ2n) is 4.91. The third kappa shape index (κ3) is 2.97. The fourth-order valence-electron chi connectivity index (χ4n) is 2.20. The van der Waals surface area contributed by atoms with E-state index in [-0.39, 0.29) is 31.0 Å². The van der Waals surface area contributed by atoms with E-state index in [9.17, 15) is 18.4 Å². The lowest BCUT2D eigenvalue weighted by Crippen LogP contribution is -2.38. The lowest BCUT2D eigenvalue weighted by Gasteiger charge is -2.25. The third-order valence-corrected chi connectivity index (χ3v) is 3.37. The predicted molar refractivity (Wildman–Crippen MR) is 67.1 cm³/mol. The minimum absolute atomic E-state index is 0.0244. The van der Waals surface area contributed by atoms with Crippen molar-refractivity contribution in [2.75, 3.05) is 13.1 Å². The summed E-state index contributed by atoms with van der Waals surface area (Å²) in [5, 5.41) is 2.54. The summed E-state index contributed by atoms with van der Waals surface area (Å²) in [7, 11) is 0. The van der Waals surface area contributed by atoms with Crippen molar-refractivity contribution in [1.82, 2.24) is 10.2 Å². The summed E-state index contributed by atoms with van der Waals surface area (Å²) in [6, 6.07) is -0.687. The number of rotatable bonds is 3. The van der Waals surface area contributed by atoms with Crippen molar-refractivity contribution >= 4 is 12.0 Å². The number of amides is 2. The molecule has 110 valence electrons. The van der Waals surface area contributed by atoms with Gasteiger partial charge in [0.1, 0.15) is 17.8 Å². The van der Waals surface area contributed by atoms with Crippen LogP contribution in [0.25, 0.3) is 0 Å². The highest BCUT2D eigenvalue weighted by Gasteiger charge is 2.37. The highest BCUT2D eigenvalue weighted by Crippen LogP contribution is 2.31. The standard InChI is InChI=1S/C13H16F2N2O3/c1-7-11(14)3-9(4-12(7)15)17-6-10(20-13(17)19)5-16-8(2)18/h3,9-10H,4-6H2,1-2H3,(H,16,18). The van der Waals surface area contributed by atoms with Crippen molar-refractivity contribution in [3.05, 3.63) is 23.3 Å². The maximum absolute atomic E-state index is 13.6. The van der Waals surface area contributed by atoms with E-state index < -0.39 is 29.9 Å². The van der Waals surface area contributed by atoms with E-state index in [0.29, 0.717) is 0 Å². The van der Waals surface area contributed by atoms with E-state index in [1.807, 2.05) is 0 Å². The van der Waals surface area contributed by atoms with Gasteiger partial charge in [0, 0.05) is 18.9 Å². The summed E-state index contributed by atoms with van der Waals surface area (Å²) in [4.78, 5) is 23.8. The summed E-state index contributed by atoms with van der Waals surface area (Å²) in [6.45, 7) is 3.10. The first-order valence-electron chi connectivity index (χ1n) is 6.33. The molecule has 0 aromatic carbocycles. The minimum Gasteiger partial charge on any atom is -0.442 e. The molecule has 2 amide bonds. The molecule has 0 spiro atoms. The van der Waals surface area contributed by atoms with Gasteiger partial charge >= 0.3 is 6.09 Å². The molecule has 7 heteroatoms. The first-order chi connectivity index (χ1) is 9.38. The molecular formula is C13H16F2N2O3. The zero-order chi connectivity index (χ0) is 14.9. The van der Waals surface area contributed by atoms with Gasteiger partial charge in [0.05, 0.1) is 19.1 Å². The number of carbonyl (C=O) groups is 2. The van der Waals surface area contributed by atoms with Crippen molar-refractivity contribution in [3.63, 3.8) is 0 Å². The predicted octanol–water partition coefficient (Wildman–Crippen LogP) is 1.81. The summed E-state index contributed by atoms with van der Waals surface area (Å²) >= 11 is 0. The third-order valence-electron chi connectivity index (χ3n) is 3.37. The normalized spacial score (nSPS) is 26.5. The monoisotopic (exact) mass is 286 g/mol. The molecule has 2 rings (SSSR count). The van der Waals surface area contributed by atoms with Crippen LogP contribution in [-0.4, -0.2) is 42.1 Å². The summed E-state index contributed by atoms with van der Waals surface area (Å²) in [5.41, 5.74) is -0.0244. The molecule has 2 aliphatic rings. The highest BCUT2D eigenvalue weighted by atomic mass is 19.1. The minimum atomic E-state index is -0.687. The molecule has 1 aliphatic heterocycles. The molecule has 2 atom stereocenters. The molecule has 0 aromatic heterocycles. The second kappa shape index (κ2) is 5.60. The SMILES string of the molecule is CC(=O)NCC1CN(C2C=C(F)C(C)=C(F)C2)C(=O)O1. The quantitative estimate of drug-likeness (QED) is 0.861. The summed E-state index contributed by atoms with van der Waals surface area (Å²) in [5.74, 6) is -1.45. The lowest BCUT2D eigenvalue weighted by atomic mass is 10.0. The Kier molecular flexibility index (Phi) is 4.06. The fourth-order valence-corrected chi connectivity index (χ4v) is 2.20. The maximum atomic E-state index is 13.6. The van der Waals surface area contributed by atoms with Crippen LogP contribution in [-0.2, 0) is 9.53 Å². The molecule has 1 fully saturated rings. The largest absolute Gasteiger partial charge is 0.442 e. The van der Waals surface area contributed by atoms with Crippen molar-refractivity contribution < 1.29 is 23.1 Å². The molecule has 1 heterocycles. The molecule has 20 heavy (non-hydrogen) atoms. The number of nitrogens with zero attached hydrogens (tertiary/aromatic N) is 1. The van der Waals surface area contributed by atoms with E-state index in [2.05, 4.69) is 5.32 Å². The average Bonchev–Trinajstić information content (AvgIpc) is 2.74. The van der Waals surface area contributed by atoms with Crippen LogP contribution in [0.15, 0.2) is 23.3 Å². The van der Waals surface area contributed by atoms with Crippen molar-refractivity contribution in [1.29, 1.82) is 0 Å². The van der Waals surface area contributed by atoms with Gasteiger partial charge in [0.25, 0.3) is 0 Å². The van der Waals surface area contributed by atoms with Gasteiger partial charge in [0.2, 0.25) is 5.91 Å². The lowest BCUT2D eigenvalue weighted by molar-refractivity contribution is -0.119. The van der Waals surface area contributed by atoms with Gasteiger partial charge in [-0.05, 0) is 13.0 Å². The van der Waals surface area contributed by atoms with Gasteiger partial charge in [0.15, 0.2) is 0 Å². The Morgan fingerprint density at radius 3 is 2.85 bits per heavy atom. The summed E-state index contributed by atoms with van der Waals surface area (Å²) < 4.78 is 32.2. The molecule has 5 nitrogen and oxygen atoms in total. The first-order valence-corrected chi connectivity index (χ1v) is 6.33. The van der Waals surface area contributed by atoms with Crippen LogP contribution in [0.2, 0.25) is 0 Å². The highest BCUT2D eigenvalue weighted by molar-refractivity contribution is 5.73. The number of cyclic esters (lactones) is 1. The van der Waals surface area contributed by atoms with Gasteiger partial charge in [-0.3, -0.25) is 9.69 Å². The molecule has 1 aliphatic carbocycles. The van der Waals surface area contributed by atoms with E-state index in [1.54, 1.807) is 0 Å². The molecular weight excluding hydrogens is 270 g/mol. The molecule has 2 unspecified atom stereocenters. The number of hydrogen-bond donors (Lipinski definition) is 1. The van der Waals surface area contributed by atoms with E-state index in [1.165, 1.54) is 24.8 Å². The molecule has 0 radical (unpaired) electrons. The van der Waals surface area contributed by atoms with Crippen LogP contribution in [0.5, 0.6) is 0 Å². The average molecular weight is 286 g/mol. The van der Waals surface area contributed by atoms with Crippen LogP contribution >= 0.6 is 0 Å². The Morgan fingerprint density at radius 2 is 2.25 bits per heavy atom. The van der Waals surface area contributed by atoms with Gasteiger partial charge in [-0.2, -0.15) is 0 Å². The smallest absolute Gasteiger partial charge is 0.410 e. The van der Waals surface area contributed by atoms with Gasteiger partial charge in [-0.1, -0.05) is 0 Å². The fraction of sp³-hybridized carbons (Fsp3) is 0.538. The Labute approximate surface area is 115 Å². The number of nitrogens with one attached hydrogen (secondary N) is 1. The first kappa shape index (κ1) is 14.5. The van der Waals surface area contributed by atoms with Crippen LogP contribution in [0.1, 0.15) is 20.3 Å². The number of hydrogen-bond acceptors (Lipinski definition) is 3. The van der Waals surface area contributed by atoms with Crippen LogP contribution < -0.4 is 5.32 Å². The van der Waals surface area contributed by atoms with Crippen LogP contribution in [0, 0.1) is 0 Å². The van der Waals surface area contributed by atoms with Gasteiger partial charge in [-0.25, -0.2) is 13.6 Å². The van der Waals surface area contributed by atoms with Gasteiger partial charge in [-0.15, -0.1) is 0 Å². The molecule has 0 aromatic rings. The zero-order valence-corrected chi connectivity index (χ0v) is 11.3. The van der Waals surface area contributed by atoms with E-state index in [4.69, 9.17) is 4.74 Å². The number of carbonyl (C=O) groups excluding carboxylic acids is 2. The Balaban J connectivity index is 2.01. The molecule has 0 bridgehead atoms. The van der Waals surface area contributed by atoms with Crippen molar-refractivity contribution in [3.8, 4) is 0 Å². The van der Waals surface area contributed by atoms with Crippen molar-refractivity contribution in [2.24, 2.45) is 0 Å². The summed E-state index contributed by atoms with van der Waals surface area (Å²) in [6.07, 6.45) is 0.0430. The Hall–Kier alpha value is -1.92. The zero-order valence-electron chi connectivity index (χ0n) is 11.3. The topological polar surface area (TPSA) is 58.6 Å². The number of allylic oxidation sites excluding steroid dienone is 2. The molecule has 0 saturated carbocycles. The van der Waals surface area contributed by atoms with E-state index >= 15 is 0 Å². The maximum Gasteiger partial charge on any atom is 0.410 e. The van der Waals surface area contributed by atoms with Crippen LogP contribution in [0.3, 0.4) is 0 Å². The number of ether oxygens (including phenoxy) is 1. The Morgan fingerprint density at radius 1 is 1.55 bits per heavy atom. The molecule has 1 saturated heterocycles. The Bertz CT molecular complexity index is 502. The van der Waals surface area contributed by atoms with E-state index in [0.717, 1.165) is 0 Å². The van der Waals surface area contributed by atoms with Crippen molar-refractivity contribution in [2.45, 2.75) is 32.4 Å². The van der Waals surface area contributed by atoms with Gasteiger partial charge < -0.3 is 10.1 Å². The van der Waals surface area contributed by atoms with Crippen LogP contribution in [0.4, 0.5) is 13.6 Å². The number of halogens is 2. The second-order valence-corrected chi connectivity index (χ2v) is 4.91. The molecule has 1 N–H and O–H groups in total.